The highest BCUT2D eigenvalue weighted by molar-refractivity contribution is 5.48. The molecule has 0 saturated heterocycles. The molecule has 1 aliphatic carbocycles. The number of hydrogen-bond acceptors (Lipinski definition) is 2. The molecule has 3 rings (SSSR count). The predicted molar refractivity (Wildman–Crippen MR) is 49.1 cm³/mol. The van der Waals surface area contributed by atoms with E-state index in [9.17, 15) is 5.11 Å². The van der Waals surface area contributed by atoms with Crippen molar-refractivity contribution in [1.82, 2.24) is 0 Å². The second-order valence-corrected chi connectivity index (χ2v) is 4.06. The molecule has 2 heteroatoms. The van der Waals surface area contributed by atoms with Gasteiger partial charge in [-0.25, -0.2) is 0 Å². The molecule has 0 unspecified atom stereocenters. The van der Waals surface area contributed by atoms with Crippen molar-refractivity contribution >= 4 is 0 Å². The molecule has 2 nitrogen and oxygen atoms in total. The van der Waals surface area contributed by atoms with Crippen LogP contribution in [0.4, 0.5) is 0 Å². The standard InChI is InChI=1S/C11H12O2/c12-8-1-2-9-10(7-8)13-6-5-11(9)3-4-11/h1-2,7,12H,3-6H2. The highest BCUT2D eigenvalue weighted by Crippen LogP contribution is 2.56. The monoisotopic (exact) mass is 176 g/mol. The molecule has 0 aromatic heterocycles. The molecule has 1 aliphatic heterocycles. The Labute approximate surface area is 77.2 Å². The SMILES string of the molecule is Oc1ccc2c(c1)OCCC21CC1. The van der Waals surface area contributed by atoms with Crippen LogP contribution in [0.2, 0.25) is 0 Å². The zero-order valence-corrected chi connectivity index (χ0v) is 7.42. The summed E-state index contributed by atoms with van der Waals surface area (Å²) < 4.78 is 5.52. The van der Waals surface area contributed by atoms with Gasteiger partial charge in [0.1, 0.15) is 11.5 Å². The van der Waals surface area contributed by atoms with Crippen LogP contribution in [-0.2, 0) is 5.41 Å². The fourth-order valence-electron chi connectivity index (χ4n) is 2.23. The zero-order chi connectivity index (χ0) is 8.89. The van der Waals surface area contributed by atoms with Gasteiger partial charge in [-0.1, -0.05) is 6.07 Å². The van der Waals surface area contributed by atoms with Crippen LogP contribution in [0.25, 0.3) is 0 Å². The van der Waals surface area contributed by atoms with Crippen molar-refractivity contribution in [2.24, 2.45) is 0 Å². The van der Waals surface area contributed by atoms with Crippen molar-refractivity contribution in [1.29, 1.82) is 0 Å². The first kappa shape index (κ1) is 7.25. The Bertz CT molecular complexity index is 353. The molecule has 0 radical (unpaired) electrons. The van der Waals surface area contributed by atoms with E-state index in [1.807, 2.05) is 6.07 Å². The third-order valence-corrected chi connectivity index (χ3v) is 3.23. The molecular weight excluding hydrogens is 164 g/mol. The van der Waals surface area contributed by atoms with E-state index < -0.39 is 0 Å². The molecule has 0 bridgehead atoms. The van der Waals surface area contributed by atoms with Crippen molar-refractivity contribution in [2.45, 2.75) is 24.7 Å². The van der Waals surface area contributed by atoms with Gasteiger partial charge < -0.3 is 9.84 Å². The molecular formula is C11H12O2. The molecule has 0 amide bonds. The molecule has 1 saturated carbocycles. The van der Waals surface area contributed by atoms with Gasteiger partial charge in [-0.05, 0) is 25.3 Å². The first-order chi connectivity index (χ1) is 6.30. The zero-order valence-electron chi connectivity index (χ0n) is 7.42. The maximum atomic E-state index is 9.30. The average molecular weight is 176 g/mol. The van der Waals surface area contributed by atoms with Crippen molar-refractivity contribution in [3.8, 4) is 11.5 Å². The van der Waals surface area contributed by atoms with Crippen LogP contribution in [0.5, 0.6) is 11.5 Å². The van der Waals surface area contributed by atoms with Crippen LogP contribution < -0.4 is 4.74 Å². The summed E-state index contributed by atoms with van der Waals surface area (Å²) in [6.07, 6.45) is 3.72. The van der Waals surface area contributed by atoms with Crippen LogP contribution in [-0.4, -0.2) is 11.7 Å². The normalized spacial score (nSPS) is 22.2. The molecule has 1 N–H and O–H groups in total. The number of phenolic OH excluding ortho intramolecular Hbond substituents is 1. The van der Waals surface area contributed by atoms with E-state index in [0.29, 0.717) is 11.2 Å². The molecule has 2 aliphatic rings. The summed E-state index contributed by atoms with van der Waals surface area (Å²) in [7, 11) is 0. The van der Waals surface area contributed by atoms with Crippen molar-refractivity contribution in [2.75, 3.05) is 6.61 Å². The lowest BCUT2D eigenvalue weighted by Crippen LogP contribution is -2.19. The molecule has 1 spiro atoms. The number of hydrogen-bond donors (Lipinski definition) is 1. The van der Waals surface area contributed by atoms with E-state index in [-0.39, 0.29) is 0 Å². The van der Waals surface area contributed by atoms with Gasteiger partial charge in [0, 0.05) is 17.0 Å². The van der Waals surface area contributed by atoms with Crippen LogP contribution in [0.15, 0.2) is 18.2 Å². The van der Waals surface area contributed by atoms with E-state index in [2.05, 4.69) is 0 Å². The fourth-order valence-corrected chi connectivity index (χ4v) is 2.23. The Morgan fingerprint density at radius 2 is 2.08 bits per heavy atom. The summed E-state index contributed by atoms with van der Waals surface area (Å²) in [5.74, 6) is 1.19. The van der Waals surface area contributed by atoms with E-state index >= 15 is 0 Å². The Hall–Kier alpha value is -1.18. The Balaban J connectivity index is 2.15. The minimum Gasteiger partial charge on any atom is -0.508 e. The lowest BCUT2D eigenvalue weighted by molar-refractivity contribution is 0.259. The van der Waals surface area contributed by atoms with Gasteiger partial charge in [-0.3, -0.25) is 0 Å². The minimum atomic E-state index is 0.302. The van der Waals surface area contributed by atoms with Crippen molar-refractivity contribution in [3.05, 3.63) is 23.8 Å². The van der Waals surface area contributed by atoms with Crippen LogP contribution >= 0.6 is 0 Å². The Kier molecular flexibility index (Phi) is 1.22. The third-order valence-electron chi connectivity index (χ3n) is 3.23. The van der Waals surface area contributed by atoms with E-state index in [1.165, 1.54) is 18.4 Å². The summed E-state index contributed by atoms with van der Waals surface area (Å²) in [6.45, 7) is 0.802. The molecule has 68 valence electrons. The van der Waals surface area contributed by atoms with Crippen molar-refractivity contribution in [3.63, 3.8) is 0 Å². The highest BCUT2D eigenvalue weighted by atomic mass is 16.5. The lowest BCUT2D eigenvalue weighted by atomic mass is 9.90. The molecule has 0 atom stereocenters. The van der Waals surface area contributed by atoms with Gasteiger partial charge in [-0.2, -0.15) is 0 Å². The highest BCUT2D eigenvalue weighted by Gasteiger charge is 2.47. The summed E-state index contributed by atoms with van der Waals surface area (Å²) >= 11 is 0. The van der Waals surface area contributed by atoms with Crippen LogP contribution in [0, 0.1) is 0 Å². The summed E-state index contributed by atoms with van der Waals surface area (Å²) in [5.41, 5.74) is 1.72. The van der Waals surface area contributed by atoms with Crippen LogP contribution in [0.3, 0.4) is 0 Å². The molecule has 1 aromatic rings. The second-order valence-electron chi connectivity index (χ2n) is 4.06. The van der Waals surface area contributed by atoms with E-state index in [0.717, 1.165) is 18.8 Å². The summed E-state index contributed by atoms with van der Waals surface area (Å²) in [4.78, 5) is 0. The molecule has 13 heavy (non-hydrogen) atoms. The predicted octanol–water partition coefficient (Wildman–Crippen LogP) is 2.21. The number of fused-ring (bicyclic) bond motifs is 2. The molecule has 1 fully saturated rings. The number of rotatable bonds is 0. The maximum Gasteiger partial charge on any atom is 0.126 e. The van der Waals surface area contributed by atoms with E-state index in [1.54, 1.807) is 12.1 Å². The van der Waals surface area contributed by atoms with Gasteiger partial charge >= 0.3 is 0 Å². The van der Waals surface area contributed by atoms with E-state index in [4.69, 9.17) is 4.74 Å². The Morgan fingerprint density at radius 1 is 1.23 bits per heavy atom. The van der Waals surface area contributed by atoms with Gasteiger partial charge in [0.05, 0.1) is 6.61 Å². The molecule has 1 aromatic carbocycles. The lowest BCUT2D eigenvalue weighted by Gasteiger charge is -2.25. The largest absolute Gasteiger partial charge is 0.508 e. The number of aromatic hydroxyl groups is 1. The van der Waals surface area contributed by atoms with Gasteiger partial charge in [0.2, 0.25) is 0 Å². The summed E-state index contributed by atoms with van der Waals surface area (Å²) in [5, 5.41) is 9.30. The van der Waals surface area contributed by atoms with Crippen LogP contribution in [0.1, 0.15) is 24.8 Å². The topological polar surface area (TPSA) is 29.5 Å². The number of phenols is 1. The van der Waals surface area contributed by atoms with Gasteiger partial charge in [0.25, 0.3) is 0 Å². The molecule has 1 heterocycles. The first-order valence-corrected chi connectivity index (χ1v) is 4.77. The van der Waals surface area contributed by atoms with Gasteiger partial charge in [-0.15, -0.1) is 0 Å². The van der Waals surface area contributed by atoms with Gasteiger partial charge in [0.15, 0.2) is 0 Å². The maximum absolute atomic E-state index is 9.30. The average Bonchev–Trinajstić information content (AvgIpc) is 2.86. The number of ether oxygens (including phenoxy) is 1. The number of benzene rings is 1. The fraction of sp³-hybridized carbons (Fsp3) is 0.455. The third kappa shape index (κ3) is 0.947. The smallest absolute Gasteiger partial charge is 0.126 e. The quantitative estimate of drug-likeness (QED) is 0.656. The second kappa shape index (κ2) is 2.19. The first-order valence-electron chi connectivity index (χ1n) is 4.77. The minimum absolute atomic E-state index is 0.302. The van der Waals surface area contributed by atoms with Crippen molar-refractivity contribution < 1.29 is 9.84 Å². The summed E-state index contributed by atoms with van der Waals surface area (Å²) in [6, 6.07) is 5.50. The Morgan fingerprint density at radius 3 is 2.85 bits per heavy atom.